The quantitative estimate of drug-likeness (QED) is 0.767. The summed E-state index contributed by atoms with van der Waals surface area (Å²) in [5.74, 6) is -0.325. The lowest BCUT2D eigenvalue weighted by Crippen LogP contribution is -2.21. The van der Waals surface area contributed by atoms with Crippen molar-refractivity contribution in [2.45, 2.75) is 25.9 Å². The van der Waals surface area contributed by atoms with Crippen molar-refractivity contribution in [1.29, 1.82) is 0 Å². The van der Waals surface area contributed by atoms with Gasteiger partial charge in [-0.05, 0) is 18.1 Å². The molecule has 0 spiro atoms. The first-order chi connectivity index (χ1) is 7.63. The first-order valence-corrected chi connectivity index (χ1v) is 5.24. The lowest BCUT2D eigenvalue weighted by molar-refractivity contribution is -0.139. The highest BCUT2D eigenvalue weighted by molar-refractivity contribution is 5.67. The van der Waals surface area contributed by atoms with Gasteiger partial charge >= 0.3 is 5.97 Å². The summed E-state index contributed by atoms with van der Waals surface area (Å²) >= 11 is 0. The van der Waals surface area contributed by atoms with Gasteiger partial charge in [0.05, 0.1) is 12.5 Å². The molecule has 0 bridgehead atoms. The predicted octanol–water partition coefficient (Wildman–Crippen LogP) is 1.46. The van der Waals surface area contributed by atoms with E-state index in [-0.39, 0.29) is 13.0 Å². The summed E-state index contributed by atoms with van der Waals surface area (Å²) in [4.78, 5) is 10.3. The van der Waals surface area contributed by atoms with Gasteiger partial charge in [0.2, 0.25) is 0 Å². The highest BCUT2D eigenvalue weighted by atomic mass is 16.5. The summed E-state index contributed by atoms with van der Waals surface area (Å²) in [6.07, 6.45) is -0.429. The molecular formula is C12H16O4. The number of carboxylic acid groups (broad SMARTS) is 1. The first-order valence-electron chi connectivity index (χ1n) is 5.24. The van der Waals surface area contributed by atoms with Crippen LogP contribution in [-0.2, 0) is 11.2 Å². The van der Waals surface area contributed by atoms with Crippen LogP contribution in [0.3, 0.4) is 0 Å². The molecule has 0 aliphatic rings. The number of rotatable bonds is 6. The van der Waals surface area contributed by atoms with Gasteiger partial charge in [-0.15, -0.1) is 0 Å². The molecule has 1 aromatic carbocycles. The summed E-state index contributed by atoms with van der Waals surface area (Å²) in [6.45, 7) is 2.01. The molecule has 4 nitrogen and oxygen atoms in total. The molecule has 2 N–H and O–H groups in total. The molecular weight excluding hydrogens is 208 g/mol. The number of aryl methyl sites for hydroxylation is 1. The number of ether oxygens (including phenoxy) is 1. The zero-order valence-corrected chi connectivity index (χ0v) is 9.22. The second kappa shape index (κ2) is 6.12. The van der Waals surface area contributed by atoms with Crippen LogP contribution in [0.2, 0.25) is 0 Å². The number of benzene rings is 1. The van der Waals surface area contributed by atoms with Gasteiger partial charge in [-0.3, -0.25) is 4.79 Å². The molecule has 0 aliphatic heterocycles. The van der Waals surface area contributed by atoms with Gasteiger partial charge in [-0.1, -0.05) is 25.1 Å². The third-order valence-electron chi connectivity index (χ3n) is 2.19. The van der Waals surface area contributed by atoms with E-state index in [1.807, 2.05) is 31.2 Å². The van der Waals surface area contributed by atoms with Crippen LogP contribution in [0.1, 0.15) is 18.9 Å². The third-order valence-corrected chi connectivity index (χ3v) is 2.19. The molecule has 1 atom stereocenters. The summed E-state index contributed by atoms with van der Waals surface area (Å²) in [5, 5.41) is 17.8. The van der Waals surface area contributed by atoms with Crippen molar-refractivity contribution < 1.29 is 19.7 Å². The van der Waals surface area contributed by atoms with E-state index in [2.05, 4.69) is 0 Å². The van der Waals surface area contributed by atoms with Crippen LogP contribution in [0, 0.1) is 0 Å². The molecule has 1 aromatic rings. The van der Waals surface area contributed by atoms with Crippen molar-refractivity contribution in [1.82, 2.24) is 0 Å². The van der Waals surface area contributed by atoms with E-state index in [1.54, 1.807) is 0 Å². The van der Waals surface area contributed by atoms with E-state index in [0.29, 0.717) is 5.75 Å². The van der Waals surface area contributed by atoms with Crippen molar-refractivity contribution in [3.8, 4) is 5.75 Å². The minimum atomic E-state index is -1.03. The van der Waals surface area contributed by atoms with E-state index in [9.17, 15) is 9.90 Å². The Labute approximate surface area is 94.5 Å². The average Bonchev–Trinajstić information content (AvgIpc) is 2.26. The maximum Gasteiger partial charge on any atom is 0.306 e. The fourth-order valence-electron chi connectivity index (χ4n) is 1.38. The summed E-state index contributed by atoms with van der Waals surface area (Å²) < 4.78 is 5.38. The molecule has 0 aliphatic carbocycles. The molecule has 0 aromatic heterocycles. The van der Waals surface area contributed by atoms with Gasteiger partial charge in [0, 0.05) is 0 Å². The lowest BCUT2D eigenvalue weighted by Gasteiger charge is -2.12. The van der Waals surface area contributed by atoms with Crippen molar-refractivity contribution >= 4 is 5.97 Å². The number of aliphatic carboxylic acids is 1. The molecule has 1 unspecified atom stereocenters. The number of aliphatic hydroxyl groups is 1. The summed E-state index contributed by atoms with van der Waals surface area (Å²) in [6, 6.07) is 7.52. The van der Waals surface area contributed by atoms with Crippen LogP contribution in [0.5, 0.6) is 5.75 Å². The number of hydrogen-bond acceptors (Lipinski definition) is 3. The van der Waals surface area contributed by atoms with E-state index < -0.39 is 12.1 Å². The highest BCUT2D eigenvalue weighted by Gasteiger charge is 2.10. The SMILES string of the molecule is CCc1ccccc1OCC(O)CC(=O)O. The molecule has 0 fully saturated rings. The van der Waals surface area contributed by atoms with Crippen molar-refractivity contribution in [2.24, 2.45) is 0 Å². The second-order valence-electron chi connectivity index (χ2n) is 3.52. The number of hydrogen-bond donors (Lipinski definition) is 2. The molecule has 16 heavy (non-hydrogen) atoms. The molecule has 0 heterocycles. The Balaban J connectivity index is 2.50. The van der Waals surface area contributed by atoms with Gasteiger partial charge < -0.3 is 14.9 Å². The predicted molar refractivity (Wildman–Crippen MR) is 59.6 cm³/mol. The van der Waals surface area contributed by atoms with Crippen molar-refractivity contribution in [3.63, 3.8) is 0 Å². The van der Waals surface area contributed by atoms with E-state index >= 15 is 0 Å². The second-order valence-corrected chi connectivity index (χ2v) is 3.52. The van der Waals surface area contributed by atoms with E-state index in [4.69, 9.17) is 9.84 Å². The highest BCUT2D eigenvalue weighted by Crippen LogP contribution is 2.18. The molecule has 88 valence electrons. The topological polar surface area (TPSA) is 66.8 Å². The zero-order valence-electron chi connectivity index (χ0n) is 9.22. The normalized spacial score (nSPS) is 12.1. The minimum Gasteiger partial charge on any atom is -0.491 e. The van der Waals surface area contributed by atoms with Crippen LogP contribution >= 0.6 is 0 Å². The van der Waals surface area contributed by atoms with Gasteiger partial charge in [-0.25, -0.2) is 0 Å². The van der Waals surface area contributed by atoms with Crippen LogP contribution in [0.4, 0.5) is 0 Å². The molecule has 0 saturated heterocycles. The average molecular weight is 224 g/mol. The standard InChI is InChI=1S/C12H16O4/c1-2-9-5-3-4-6-11(9)16-8-10(13)7-12(14)15/h3-6,10,13H,2,7-8H2,1H3,(H,14,15). The van der Waals surface area contributed by atoms with Gasteiger partial charge in [0.15, 0.2) is 0 Å². The summed E-state index contributed by atoms with van der Waals surface area (Å²) in [7, 11) is 0. The largest absolute Gasteiger partial charge is 0.491 e. The smallest absolute Gasteiger partial charge is 0.306 e. The molecule has 0 amide bonds. The Morgan fingerprint density at radius 1 is 1.44 bits per heavy atom. The summed E-state index contributed by atoms with van der Waals surface area (Å²) in [5.41, 5.74) is 1.05. The van der Waals surface area contributed by atoms with Gasteiger partial charge in [0.25, 0.3) is 0 Å². The number of carbonyl (C=O) groups is 1. The number of aliphatic hydroxyl groups excluding tert-OH is 1. The Kier molecular flexibility index (Phi) is 4.79. The van der Waals surface area contributed by atoms with E-state index in [0.717, 1.165) is 12.0 Å². The van der Waals surface area contributed by atoms with Crippen LogP contribution < -0.4 is 4.74 Å². The minimum absolute atomic E-state index is 0.00329. The van der Waals surface area contributed by atoms with Crippen LogP contribution in [0.25, 0.3) is 0 Å². The Hall–Kier alpha value is -1.55. The first kappa shape index (κ1) is 12.5. The maximum atomic E-state index is 10.3. The molecule has 1 rings (SSSR count). The van der Waals surface area contributed by atoms with Crippen molar-refractivity contribution in [3.05, 3.63) is 29.8 Å². The Morgan fingerprint density at radius 3 is 2.75 bits per heavy atom. The lowest BCUT2D eigenvalue weighted by atomic mass is 10.1. The molecule has 0 saturated carbocycles. The van der Waals surface area contributed by atoms with Gasteiger partial charge in [0.1, 0.15) is 12.4 Å². The van der Waals surface area contributed by atoms with Crippen molar-refractivity contribution in [2.75, 3.05) is 6.61 Å². The molecule has 0 radical (unpaired) electrons. The monoisotopic (exact) mass is 224 g/mol. The number of para-hydroxylation sites is 1. The fourth-order valence-corrected chi connectivity index (χ4v) is 1.38. The molecule has 4 heteroatoms. The third kappa shape index (κ3) is 3.90. The Bertz CT molecular complexity index is 349. The van der Waals surface area contributed by atoms with E-state index in [1.165, 1.54) is 0 Å². The van der Waals surface area contributed by atoms with Gasteiger partial charge in [-0.2, -0.15) is 0 Å². The van der Waals surface area contributed by atoms with Crippen LogP contribution in [0.15, 0.2) is 24.3 Å². The number of carboxylic acids is 1. The van der Waals surface area contributed by atoms with Crippen LogP contribution in [-0.4, -0.2) is 28.9 Å². The zero-order chi connectivity index (χ0) is 12.0. The fraction of sp³-hybridized carbons (Fsp3) is 0.417. The maximum absolute atomic E-state index is 10.3. The Morgan fingerprint density at radius 2 is 2.12 bits per heavy atom.